The van der Waals surface area contributed by atoms with Crippen LogP contribution in [0.4, 0.5) is 22.0 Å². The second kappa shape index (κ2) is 10.4. The van der Waals surface area contributed by atoms with Crippen molar-refractivity contribution in [2.75, 3.05) is 57.2 Å². The van der Waals surface area contributed by atoms with E-state index in [2.05, 4.69) is 25.6 Å². The van der Waals surface area contributed by atoms with E-state index in [1.807, 2.05) is 5.32 Å². The molecule has 2 fully saturated rings. The number of carbonyl (C=O) groups excluding carboxylic acids is 2. The SMILES string of the molecule is [2H]C([2H])([2H])NC(=O)c1nnc(N2CCN(CC3CCOC3)C2=O)cc1Nc1cccc(-c2ncn(C)n2)c1OC. The molecule has 5 rings (SSSR count). The summed E-state index contributed by atoms with van der Waals surface area (Å²) in [6.07, 6.45) is 2.46. The molecule has 13 nitrogen and oxygen atoms in total. The number of hydrogen-bond donors (Lipinski definition) is 2. The quantitative estimate of drug-likeness (QED) is 0.463. The Morgan fingerprint density at radius 2 is 2.19 bits per heavy atom. The molecule has 1 unspecified atom stereocenters. The average molecular weight is 511 g/mol. The highest BCUT2D eigenvalue weighted by Crippen LogP contribution is 2.37. The molecule has 2 saturated heterocycles. The molecule has 13 heteroatoms. The third-order valence-corrected chi connectivity index (χ3v) is 6.31. The number of urea groups is 1. The molecule has 2 aliphatic rings. The van der Waals surface area contributed by atoms with Crippen molar-refractivity contribution in [1.82, 2.24) is 35.2 Å². The van der Waals surface area contributed by atoms with Crippen LogP contribution in [-0.4, -0.2) is 88.7 Å². The fourth-order valence-electron chi connectivity index (χ4n) is 4.48. The molecule has 1 aromatic carbocycles. The van der Waals surface area contributed by atoms with Gasteiger partial charge in [-0.1, -0.05) is 6.07 Å². The number of para-hydroxylation sites is 1. The molecule has 0 bridgehead atoms. The number of amides is 3. The lowest BCUT2D eigenvalue weighted by Gasteiger charge is -2.21. The summed E-state index contributed by atoms with van der Waals surface area (Å²) in [5, 5.41) is 17.5. The maximum atomic E-state index is 13.2. The Morgan fingerprint density at radius 3 is 2.92 bits per heavy atom. The number of rotatable bonds is 8. The number of aromatic nitrogens is 5. The van der Waals surface area contributed by atoms with Gasteiger partial charge in [0.1, 0.15) is 6.33 Å². The van der Waals surface area contributed by atoms with Gasteiger partial charge in [-0.15, -0.1) is 10.2 Å². The molecule has 1 atom stereocenters. The molecular formula is C24H29N9O4. The summed E-state index contributed by atoms with van der Waals surface area (Å²) in [4.78, 5) is 33.6. The third kappa shape index (κ3) is 4.89. The van der Waals surface area contributed by atoms with Crippen LogP contribution in [0.1, 0.15) is 21.0 Å². The van der Waals surface area contributed by atoms with Gasteiger partial charge < -0.3 is 25.0 Å². The molecule has 0 radical (unpaired) electrons. The third-order valence-electron chi connectivity index (χ3n) is 6.31. The Hall–Kier alpha value is -4.26. The molecule has 3 amide bonds. The van der Waals surface area contributed by atoms with Gasteiger partial charge in [-0.2, -0.15) is 5.10 Å². The van der Waals surface area contributed by atoms with Crippen molar-refractivity contribution in [3.05, 3.63) is 36.3 Å². The Bertz CT molecular complexity index is 1410. The number of nitrogens with zero attached hydrogens (tertiary/aromatic N) is 7. The zero-order valence-corrected chi connectivity index (χ0v) is 20.5. The first kappa shape index (κ1) is 20.9. The minimum Gasteiger partial charge on any atom is -0.494 e. The van der Waals surface area contributed by atoms with Gasteiger partial charge in [0.2, 0.25) is 0 Å². The van der Waals surface area contributed by atoms with E-state index in [1.54, 1.807) is 41.2 Å². The van der Waals surface area contributed by atoms with Gasteiger partial charge in [-0.3, -0.25) is 14.4 Å². The summed E-state index contributed by atoms with van der Waals surface area (Å²) in [5.74, 6) is 0.346. The van der Waals surface area contributed by atoms with Gasteiger partial charge in [0.25, 0.3) is 5.91 Å². The van der Waals surface area contributed by atoms with Crippen LogP contribution in [0, 0.1) is 5.92 Å². The fraction of sp³-hybridized carbons (Fsp3) is 0.417. The van der Waals surface area contributed by atoms with Crippen LogP contribution in [-0.2, 0) is 11.8 Å². The van der Waals surface area contributed by atoms with Crippen molar-refractivity contribution in [3.8, 4) is 17.1 Å². The first-order chi connectivity index (χ1) is 19.1. The van der Waals surface area contributed by atoms with Gasteiger partial charge in [-0.25, -0.2) is 9.78 Å². The Kier molecular flexibility index (Phi) is 5.86. The van der Waals surface area contributed by atoms with Crippen LogP contribution in [0.2, 0.25) is 0 Å². The van der Waals surface area contributed by atoms with E-state index in [0.717, 1.165) is 6.42 Å². The van der Waals surface area contributed by atoms with Crippen molar-refractivity contribution in [1.29, 1.82) is 0 Å². The first-order valence-electron chi connectivity index (χ1n) is 13.3. The first-order valence-corrected chi connectivity index (χ1v) is 11.8. The Balaban J connectivity index is 1.48. The summed E-state index contributed by atoms with van der Waals surface area (Å²) >= 11 is 0. The van der Waals surface area contributed by atoms with Gasteiger partial charge in [0, 0.05) is 56.4 Å². The van der Waals surface area contributed by atoms with Crippen LogP contribution >= 0.6 is 0 Å². The molecule has 2 aromatic heterocycles. The largest absolute Gasteiger partial charge is 0.494 e. The Labute approximate surface area is 218 Å². The lowest BCUT2D eigenvalue weighted by atomic mass is 10.1. The van der Waals surface area contributed by atoms with E-state index >= 15 is 0 Å². The smallest absolute Gasteiger partial charge is 0.325 e. The maximum Gasteiger partial charge on any atom is 0.325 e. The van der Waals surface area contributed by atoms with Gasteiger partial charge in [0.05, 0.1) is 30.7 Å². The highest BCUT2D eigenvalue weighted by molar-refractivity contribution is 6.00. The summed E-state index contributed by atoms with van der Waals surface area (Å²) in [6, 6.07) is 6.51. The number of methoxy groups -OCH3 is 1. The molecule has 2 N–H and O–H groups in total. The molecular weight excluding hydrogens is 478 g/mol. The second-order valence-electron chi connectivity index (χ2n) is 8.78. The molecule has 4 heterocycles. The fourth-order valence-corrected chi connectivity index (χ4v) is 4.48. The van der Waals surface area contributed by atoms with Crippen LogP contribution in [0.15, 0.2) is 30.6 Å². The van der Waals surface area contributed by atoms with Crippen molar-refractivity contribution in [2.24, 2.45) is 13.0 Å². The van der Waals surface area contributed by atoms with Crippen LogP contribution in [0.25, 0.3) is 11.4 Å². The maximum absolute atomic E-state index is 13.2. The Morgan fingerprint density at radius 1 is 1.30 bits per heavy atom. The minimum atomic E-state index is -2.74. The number of anilines is 3. The van der Waals surface area contributed by atoms with E-state index in [9.17, 15) is 9.59 Å². The molecule has 0 saturated carbocycles. The summed E-state index contributed by atoms with van der Waals surface area (Å²) in [6.45, 7) is 0.0436. The number of hydrogen-bond acceptors (Lipinski definition) is 9. The zero-order chi connectivity index (χ0) is 28.4. The monoisotopic (exact) mass is 510 g/mol. The summed E-state index contributed by atoms with van der Waals surface area (Å²) in [7, 11) is 3.23. The number of aryl methyl sites for hydroxylation is 1. The lowest BCUT2D eigenvalue weighted by Crippen LogP contribution is -2.35. The summed E-state index contributed by atoms with van der Waals surface area (Å²) < 4.78 is 35.0. The molecule has 0 aliphatic carbocycles. The molecule has 3 aromatic rings. The van der Waals surface area contributed by atoms with Gasteiger partial charge in [-0.05, 0) is 18.6 Å². The average Bonchev–Trinajstić information content (AvgIpc) is 3.66. The van der Waals surface area contributed by atoms with E-state index in [0.29, 0.717) is 55.7 Å². The van der Waals surface area contributed by atoms with E-state index in [4.69, 9.17) is 13.6 Å². The molecule has 2 aliphatic heterocycles. The van der Waals surface area contributed by atoms with Crippen molar-refractivity contribution in [2.45, 2.75) is 6.42 Å². The topological polar surface area (TPSA) is 140 Å². The van der Waals surface area contributed by atoms with Crippen molar-refractivity contribution < 1.29 is 23.2 Å². The lowest BCUT2D eigenvalue weighted by molar-refractivity contribution is 0.0958. The number of ether oxygens (including phenoxy) is 2. The van der Waals surface area contributed by atoms with E-state index in [-0.39, 0.29) is 29.1 Å². The van der Waals surface area contributed by atoms with Crippen LogP contribution < -0.4 is 20.3 Å². The number of benzene rings is 1. The summed E-state index contributed by atoms with van der Waals surface area (Å²) in [5.41, 5.74) is 0.886. The van der Waals surface area contributed by atoms with Crippen molar-refractivity contribution >= 4 is 29.1 Å². The minimum absolute atomic E-state index is 0.131. The molecule has 37 heavy (non-hydrogen) atoms. The highest BCUT2D eigenvalue weighted by Gasteiger charge is 2.33. The number of carbonyl (C=O) groups is 2. The van der Waals surface area contributed by atoms with E-state index in [1.165, 1.54) is 18.1 Å². The van der Waals surface area contributed by atoms with Crippen molar-refractivity contribution in [3.63, 3.8) is 0 Å². The van der Waals surface area contributed by atoms with Gasteiger partial charge >= 0.3 is 6.03 Å². The molecule has 194 valence electrons. The highest BCUT2D eigenvalue weighted by atomic mass is 16.5. The predicted molar refractivity (Wildman–Crippen MR) is 135 cm³/mol. The van der Waals surface area contributed by atoms with E-state index < -0.39 is 12.9 Å². The molecule has 0 spiro atoms. The predicted octanol–water partition coefficient (Wildman–Crippen LogP) is 1.66. The number of nitrogens with one attached hydrogen (secondary N) is 2. The second-order valence-corrected chi connectivity index (χ2v) is 8.78. The standard InChI is InChI=1S/C24H29N9O4/c1-25-23(34)20-18(27-17-6-4-5-16(21(17)36-3)22-26-14-31(2)30-22)11-19(28-29-20)33-9-8-32(24(33)35)12-15-7-10-37-13-15/h4-6,11,14-15H,7-10,12-13H2,1-3H3,(H,25,34)(H,27,28)/i1D3. The zero-order valence-electron chi connectivity index (χ0n) is 23.5. The normalized spacial score (nSPS) is 18.9. The van der Waals surface area contributed by atoms with Gasteiger partial charge in [0.15, 0.2) is 23.1 Å². The van der Waals surface area contributed by atoms with Crippen LogP contribution in [0.5, 0.6) is 5.75 Å². The van der Waals surface area contributed by atoms with Crippen LogP contribution in [0.3, 0.4) is 0 Å².